The molecule has 282 valence electrons. The molecule has 0 saturated heterocycles. The minimum atomic E-state index is -3.58. The van der Waals surface area contributed by atoms with Gasteiger partial charge < -0.3 is 0 Å². The van der Waals surface area contributed by atoms with E-state index in [1.54, 1.807) is 0 Å². The Labute approximate surface area is 299 Å². The van der Waals surface area contributed by atoms with Crippen LogP contribution in [0.1, 0.15) is 209 Å². The fourth-order valence-electron chi connectivity index (χ4n) is 5.78. The van der Waals surface area contributed by atoms with Crippen LogP contribution in [0.4, 0.5) is 0 Å². The monoisotopic (exact) mass is 733 g/mol. The molecule has 0 amide bonds. The van der Waals surface area contributed by atoms with Crippen LogP contribution >= 0.6 is 16.3 Å². The van der Waals surface area contributed by atoms with E-state index in [2.05, 4.69) is 55.4 Å². The number of unbranched alkanes of at least 4 members (excludes halogenated alkanes) is 20. The molecule has 0 aliphatic rings. The molecular weight excluding hydrogens is 646 g/mol. The zero-order valence-corrected chi connectivity index (χ0v) is 36.1. The van der Waals surface area contributed by atoms with Gasteiger partial charge in [-0.25, -0.2) is 0 Å². The summed E-state index contributed by atoms with van der Waals surface area (Å²) in [6, 6.07) is 0. The van der Waals surface area contributed by atoms with Gasteiger partial charge in [0.2, 0.25) is 0 Å². The fourth-order valence-corrected chi connectivity index (χ4v) is 11.1. The maximum absolute atomic E-state index is 8.81. The van der Waals surface area contributed by atoms with Crippen molar-refractivity contribution in [3.63, 3.8) is 0 Å². The summed E-state index contributed by atoms with van der Waals surface area (Å²) in [5, 5.41) is 0. The summed E-state index contributed by atoms with van der Waals surface area (Å²) >= 11 is -3.58. The molecule has 46 heavy (non-hydrogen) atoms. The molecule has 0 bridgehead atoms. The van der Waals surface area contributed by atoms with E-state index in [9.17, 15) is 0 Å². The zero-order chi connectivity index (χ0) is 35.2. The van der Waals surface area contributed by atoms with Crippen molar-refractivity contribution < 1.29 is 38.4 Å². The first-order chi connectivity index (χ1) is 22.1. The van der Waals surface area contributed by atoms with Crippen LogP contribution < -0.4 is 0 Å². The molecule has 0 spiro atoms. The van der Waals surface area contributed by atoms with Gasteiger partial charge in [-0.1, -0.05) is 78.1 Å². The average Bonchev–Trinajstić information content (AvgIpc) is 2.98. The molecule has 8 heteroatoms. The van der Waals surface area contributed by atoms with Crippen LogP contribution in [0, 0.1) is 0 Å². The molecule has 0 unspecified atom stereocenters. The van der Waals surface area contributed by atoms with E-state index in [4.69, 9.17) is 19.7 Å². The Hall–Kier alpha value is 1.21. The third-order valence-electron chi connectivity index (χ3n) is 8.14. The molecule has 2 N–H and O–H groups in total. The Morgan fingerprint density at radius 3 is 0.978 bits per heavy atom. The van der Waals surface area contributed by atoms with Crippen molar-refractivity contribution in [2.75, 3.05) is 24.6 Å². The zero-order valence-electron chi connectivity index (χ0n) is 32.6. The van der Waals surface area contributed by atoms with E-state index in [0.717, 1.165) is 0 Å². The van der Waals surface area contributed by atoms with Crippen LogP contribution in [-0.2, 0) is 31.0 Å². The van der Waals surface area contributed by atoms with Crippen molar-refractivity contribution in [1.29, 1.82) is 0 Å². The standard InChI is InChI=1S/C22H49O2P.C16H35P.2H2O.O.Ti/c1-7-9-11-13-15-17-19-25(23-21(3)4,24-22(5)6)20-18-16-14-12-10-8-2;1-3-5-7-9-11-13-15-17-16-14-12-10-8-6-4-2;;;;/h21-22,25H,7-20H2,1-6H3;17H,3-16H2,1-2H3;2*1H2;;/q;;;;;+2/p-2. The topological polar surface area (TPSA) is 76.0 Å². The van der Waals surface area contributed by atoms with E-state index in [0.29, 0.717) is 0 Å². The summed E-state index contributed by atoms with van der Waals surface area (Å²) < 4.78 is 36.3. The third kappa shape index (κ3) is 47.3. The second kappa shape index (κ2) is 42.4. The molecule has 0 heterocycles. The molecule has 0 fully saturated rings. The van der Waals surface area contributed by atoms with Gasteiger partial charge in [0.1, 0.15) is 0 Å². The predicted molar refractivity (Wildman–Crippen MR) is 207 cm³/mol. The van der Waals surface area contributed by atoms with Gasteiger partial charge in [0.15, 0.2) is 0 Å². The molecule has 0 aliphatic heterocycles. The van der Waals surface area contributed by atoms with Gasteiger partial charge in [0.25, 0.3) is 0 Å². The summed E-state index contributed by atoms with van der Waals surface area (Å²) in [7, 11) is -0.802. The van der Waals surface area contributed by atoms with Gasteiger partial charge in [0.05, 0.1) is 0 Å². The summed E-state index contributed by atoms with van der Waals surface area (Å²) in [6.07, 6.45) is 39.7. The Morgan fingerprint density at radius 2 is 0.717 bits per heavy atom. The van der Waals surface area contributed by atoms with Crippen LogP contribution in [0.15, 0.2) is 0 Å². The molecular formula is C38H86O5P2Ti. The molecule has 0 radical (unpaired) electrons. The Morgan fingerprint density at radius 1 is 0.478 bits per heavy atom. The van der Waals surface area contributed by atoms with Gasteiger partial charge in [-0.05, 0) is 25.2 Å². The Kier molecular flexibility index (Phi) is 47.5. The molecule has 5 nitrogen and oxygen atoms in total. The van der Waals surface area contributed by atoms with Crippen molar-refractivity contribution in [1.82, 2.24) is 0 Å². The minimum absolute atomic E-state index is 0.283. The van der Waals surface area contributed by atoms with Gasteiger partial charge >= 0.3 is 189 Å². The quantitative estimate of drug-likeness (QED) is 0.0409. The first kappa shape index (κ1) is 51.6. The first-order valence-electron chi connectivity index (χ1n) is 20.1. The van der Waals surface area contributed by atoms with Crippen molar-refractivity contribution in [3.05, 3.63) is 0 Å². The van der Waals surface area contributed by atoms with Crippen LogP contribution in [0.25, 0.3) is 0 Å². The van der Waals surface area contributed by atoms with Gasteiger partial charge in [-0.15, -0.1) is 8.58 Å². The van der Waals surface area contributed by atoms with Crippen molar-refractivity contribution in [3.8, 4) is 0 Å². The van der Waals surface area contributed by atoms with E-state index < -0.39 is 26.3 Å². The van der Waals surface area contributed by atoms with E-state index in [1.807, 2.05) is 0 Å². The molecule has 0 rings (SSSR count). The van der Waals surface area contributed by atoms with E-state index in [-0.39, 0.29) is 12.2 Å². The summed E-state index contributed by atoms with van der Waals surface area (Å²) in [6.45, 7) is 17.9. The van der Waals surface area contributed by atoms with Crippen molar-refractivity contribution >= 4 is 16.3 Å². The van der Waals surface area contributed by atoms with Gasteiger partial charge in [0, 0.05) is 0 Å². The summed E-state index contributed by atoms with van der Waals surface area (Å²) in [5.41, 5.74) is 0. The molecule has 0 aliphatic carbocycles. The number of hydrogen-bond acceptors (Lipinski definition) is 3. The Balaban J connectivity index is -0.000000759. The second-order valence-corrected chi connectivity index (χ2v) is 19.5. The molecule has 0 saturated carbocycles. The van der Waals surface area contributed by atoms with Crippen LogP contribution in [0.2, 0.25) is 0 Å². The van der Waals surface area contributed by atoms with Crippen LogP contribution in [0.5, 0.6) is 0 Å². The summed E-state index contributed by atoms with van der Waals surface area (Å²) in [4.78, 5) is 0. The van der Waals surface area contributed by atoms with Gasteiger partial charge in [-0.2, -0.15) is 0 Å². The van der Waals surface area contributed by atoms with Crippen LogP contribution in [0.3, 0.4) is 0 Å². The summed E-state index contributed by atoms with van der Waals surface area (Å²) in [5.74, 6) is 0. The van der Waals surface area contributed by atoms with Gasteiger partial charge in [-0.3, -0.25) is 0 Å². The van der Waals surface area contributed by atoms with E-state index in [1.165, 1.54) is 187 Å². The second-order valence-electron chi connectivity index (χ2n) is 13.8. The predicted octanol–water partition coefficient (Wildman–Crippen LogP) is 13.3. The first-order valence-corrected chi connectivity index (χ1v) is 25.8. The van der Waals surface area contributed by atoms with Crippen molar-refractivity contribution in [2.24, 2.45) is 0 Å². The number of rotatable bonds is 32. The fraction of sp³-hybridized carbons (Fsp3) is 1.00. The normalized spacial score (nSPS) is 11.7. The average molecular weight is 733 g/mol. The molecule has 0 aromatic heterocycles. The molecule has 0 atom stereocenters. The van der Waals surface area contributed by atoms with Crippen molar-refractivity contribution in [2.45, 2.75) is 222 Å². The maximum atomic E-state index is 8.81. The Bertz CT molecular complexity index is 535. The third-order valence-corrected chi connectivity index (χ3v) is 13.6. The van der Waals surface area contributed by atoms with E-state index >= 15 is 0 Å². The molecule has 0 aromatic rings. The molecule has 0 aromatic carbocycles. The number of hydrogen-bond donors (Lipinski definition) is 2. The SMILES string of the molecule is CCCCCCCCPCCCCCCCC.CCCCCCCC[PH](CCCCCCCC)(OC(C)C)OC(C)C.[O]=[Ti]([OH])[OH]. The van der Waals surface area contributed by atoms with Crippen LogP contribution in [-0.4, -0.2) is 44.2 Å².